The van der Waals surface area contributed by atoms with Gasteiger partial charge in [0.25, 0.3) is 11.8 Å². The van der Waals surface area contributed by atoms with Gasteiger partial charge in [0.2, 0.25) is 0 Å². The second-order valence-corrected chi connectivity index (χ2v) is 21.6. The first kappa shape index (κ1) is 56.1. The second kappa shape index (κ2) is 24.2. The predicted octanol–water partition coefficient (Wildman–Crippen LogP) is 14.6. The Morgan fingerprint density at radius 3 is 1.49 bits per heavy atom. The summed E-state index contributed by atoms with van der Waals surface area (Å²) in [4.78, 5) is 42.2. The number of amides is 3. The molecule has 18 heteroatoms. The number of rotatable bonds is 10. The predicted molar refractivity (Wildman–Crippen MR) is 309 cm³/mol. The van der Waals surface area contributed by atoms with E-state index in [1.165, 1.54) is 29.2 Å². The standard InChI is InChI=1S/C33H31Cl2FN4O3.C28H23Cl2FN4O/c1-20(22-8-6-5-7-9-22)37-31(41)29-26-19-39(32(42)43-33(2,3)4)18-23(16-21-10-13-25(36)14-11-21)30(26)40(38-29)28-15-12-24(34)17-27(28)35;1-17(19-5-3-2-4-6-19)33-28(36)26-23-16-32-15-20(13-18-7-10-22(31)11-8-18)27(23)35(34-26)25-12-9-21(29)14-24(25)30/h5-17,20H,18-19H2,1-4H3,(H,37,41);2-14,17,32H,15-16H2,1H3,(H,33,36)/b23-16+;20-13+/t20-;17-/m11/s1. The number of benzene rings is 6. The van der Waals surface area contributed by atoms with Crippen LogP contribution in [-0.2, 0) is 17.8 Å². The van der Waals surface area contributed by atoms with Crippen LogP contribution >= 0.6 is 46.4 Å². The van der Waals surface area contributed by atoms with Crippen LogP contribution < -0.4 is 16.0 Å². The molecule has 3 N–H and O–H groups in total. The lowest BCUT2D eigenvalue weighted by molar-refractivity contribution is 0.0254. The zero-order chi connectivity index (χ0) is 56.1. The van der Waals surface area contributed by atoms with Crippen molar-refractivity contribution in [3.05, 3.63) is 233 Å². The highest BCUT2D eigenvalue weighted by molar-refractivity contribution is 6.36. The minimum Gasteiger partial charge on any atom is -0.444 e. The van der Waals surface area contributed by atoms with Crippen LogP contribution in [0.15, 0.2) is 146 Å². The van der Waals surface area contributed by atoms with Crippen LogP contribution in [0.25, 0.3) is 34.7 Å². The first-order valence-corrected chi connectivity index (χ1v) is 26.8. The Morgan fingerprint density at radius 2 is 1.04 bits per heavy atom. The topological polar surface area (TPSA) is 135 Å². The van der Waals surface area contributed by atoms with Gasteiger partial charge in [0.05, 0.1) is 58.0 Å². The Bertz CT molecular complexity index is 3620. The van der Waals surface area contributed by atoms with Gasteiger partial charge in [-0.15, -0.1) is 0 Å². The molecule has 4 heterocycles. The molecule has 2 aliphatic heterocycles. The Kier molecular flexibility index (Phi) is 17.2. The number of aromatic nitrogens is 4. The monoisotopic (exact) mass is 1140 g/mol. The number of carbonyl (C=O) groups excluding carboxylic acids is 3. The average molecular weight is 1140 g/mol. The highest BCUT2D eigenvalue weighted by Crippen LogP contribution is 2.38. The van der Waals surface area contributed by atoms with Crippen molar-refractivity contribution in [3.8, 4) is 11.4 Å². The van der Waals surface area contributed by atoms with Gasteiger partial charge in [-0.3, -0.25) is 14.5 Å². The number of ether oxygens (including phenoxy) is 1. The summed E-state index contributed by atoms with van der Waals surface area (Å²) in [7, 11) is 0. The fraction of sp³-hybridized carbons (Fsp3) is 0.197. The molecule has 0 saturated heterocycles. The summed E-state index contributed by atoms with van der Waals surface area (Å²) in [6, 6.07) is 41.2. The van der Waals surface area contributed by atoms with Crippen molar-refractivity contribution in [1.29, 1.82) is 0 Å². The van der Waals surface area contributed by atoms with Gasteiger partial charge in [0.15, 0.2) is 11.4 Å². The molecule has 404 valence electrons. The molecule has 3 amide bonds. The molecular weight excluding hydrogens is 1090 g/mol. The van der Waals surface area contributed by atoms with Crippen LogP contribution in [0.4, 0.5) is 13.6 Å². The van der Waals surface area contributed by atoms with Crippen LogP contribution in [0.5, 0.6) is 0 Å². The minimum atomic E-state index is -0.732. The normalized spacial score (nSPS) is 14.8. The van der Waals surface area contributed by atoms with Gasteiger partial charge in [-0.25, -0.2) is 22.9 Å². The Labute approximate surface area is 476 Å². The molecule has 0 bridgehead atoms. The van der Waals surface area contributed by atoms with Gasteiger partial charge in [-0.1, -0.05) is 131 Å². The van der Waals surface area contributed by atoms with Crippen molar-refractivity contribution in [2.24, 2.45) is 0 Å². The first-order valence-electron chi connectivity index (χ1n) is 25.3. The molecule has 0 spiro atoms. The molecule has 6 aromatic carbocycles. The summed E-state index contributed by atoms with van der Waals surface area (Å²) in [6.45, 7) is 10.4. The third kappa shape index (κ3) is 13.3. The summed E-state index contributed by atoms with van der Waals surface area (Å²) in [6.07, 6.45) is 3.26. The van der Waals surface area contributed by atoms with E-state index in [1.54, 1.807) is 90.8 Å². The maximum absolute atomic E-state index is 13.9. The van der Waals surface area contributed by atoms with Crippen molar-refractivity contribution < 1.29 is 27.9 Å². The summed E-state index contributed by atoms with van der Waals surface area (Å²) >= 11 is 25.5. The van der Waals surface area contributed by atoms with Gasteiger partial charge in [-0.2, -0.15) is 10.2 Å². The van der Waals surface area contributed by atoms with Crippen LogP contribution in [0, 0.1) is 11.6 Å². The largest absolute Gasteiger partial charge is 0.444 e. The van der Waals surface area contributed by atoms with Gasteiger partial charge in [-0.05, 0) is 141 Å². The number of hydrogen-bond donors (Lipinski definition) is 3. The van der Waals surface area contributed by atoms with Crippen LogP contribution in [0.2, 0.25) is 20.1 Å². The zero-order valence-corrected chi connectivity index (χ0v) is 46.7. The minimum absolute atomic E-state index is 0.0681. The average Bonchev–Trinajstić information content (AvgIpc) is 4.06. The maximum atomic E-state index is 13.9. The third-order valence-corrected chi connectivity index (χ3v) is 14.1. The van der Waals surface area contributed by atoms with Crippen molar-refractivity contribution in [3.63, 3.8) is 0 Å². The van der Waals surface area contributed by atoms with E-state index in [1.807, 2.05) is 86.7 Å². The lowest BCUT2D eigenvalue weighted by Crippen LogP contribution is -2.40. The highest BCUT2D eigenvalue weighted by atomic mass is 35.5. The van der Waals surface area contributed by atoms with Crippen molar-refractivity contribution in [2.75, 3.05) is 13.1 Å². The quantitative estimate of drug-likeness (QED) is 0.124. The van der Waals surface area contributed by atoms with Gasteiger partial charge < -0.3 is 20.7 Å². The summed E-state index contributed by atoms with van der Waals surface area (Å²) in [5.41, 5.74) is 8.52. The summed E-state index contributed by atoms with van der Waals surface area (Å²) in [5, 5.41) is 20.7. The smallest absolute Gasteiger partial charge is 0.410 e. The molecule has 12 nitrogen and oxygen atoms in total. The lowest BCUT2D eigenvalue weighted by atomic mass is 9.97. The Hall–Kier alpha value is -7.59. The Morgan fingerprint density at radius 1 is 0.595 bits per heavy atom. The molecular formula is C61H54Cl4F2N8O4. The highest BCUT2D eigenvalue weighted by Gasteiger charge is 2.36. The van der Waals surface area contributed by atoms with E-state index in [-0.39, 0.29) is 48.4 Å². The molecule has 10 rings (SSSR count). The van der Waals surface area contributed by atoms with E-state index in [2.05, 4.69) is 16.0 Å². The Balaban J connectivity index is 0.000000195. The second-order valence-electron chi connectivity index (χ2n) is 20.0. The molecule has 79 heavy (non-hydrogen) atoms. The van der Waals surface area contributed by atoms with Crippen molar-refractivity contribution >= 4 is 87.6 Å². The molecule has 8 aromatic rings. The summed E-state index contributed by atoms with van der Waals surface area (Å²) < 4.78 is 36.2. The first-order chi connectivity index (χ1) is 37.8. The van der Waals surface area contributed by atoms with Crippen molar-refractivity contribution in [2.45, 2.75) is 65.4 Å². The van der Waals surface area contributed by atoms with Crippen molar-refractivity contribution in [1.82, 2.24) is 40.4 Å². The number of nitrogens with zero attached hydrogens (tertiary/aromatic N) is 5. The molecule has 2 atom stereocenters. The van der Waals surface area contributed by atoms with E-state index < -0.39 is 17.6 Å². The SMILES string of the molecule is C[C@@H](NC(=O)c1nn(-c2ccc(Cl)cc2Cl)c2c1CN(C(=O)OC(C)(C)C)C/C2=C\c1ccc(F)cc1)c1ccccc1.C[C@@H](NC(=O)c1nn(-c2ccc(Cl)cc2Cl)c2c1CNC/C2=C\c1ccc(F)cc1)c1ccccc1. The van der Waals surface area contributed by atoms with E-state index in [0.717, 1.165) is 33.5 Å². The van der Waals surface area contributed by atoms with E-state index in [4.69, 9.17) is 61.3 Å². The van der Waals surface area contributed by atoms with Gasteiger partial charge in [0.1, 0.15) is 17.2 Å². The van der Waals surface area contributed by atoms with Crippen LogP contribution in [-0.4, -0.2) is 61.1 Å². The lowest BCUT2D eigenvalue weighted by Gasteiger charge is -2.32. The molecule has 0 saturated carbocycles. The summed E-state index contributed by atoms with van der Waals surface area (Å²) in [5.74, 6) is -1.37. The number of halogens is 6. The van der Waals surface area contributed by atoms with E-state index >= 15 is 0 Å². The number of nitrogens with one attached hydrogen (secondary N) is 3. The van der Waals surface area contributed by atoms with E-state index in [0.29, 0.717) is 72.6 Å². The number of hydrogen-bond acceptors (Lipinski definition) is 7. The van der Waals surface area contributed by atoms with Gasteiger partial charge >= 0.3 is 6.09 Å². The molecule has 0 aliphatic carbocycles. The van der Waals surface area contributed by atoms with Crippen LogP contribution in [0.1, 0.15) is 112 Å². The molecule has 0 fully saturated rings. The molecule has 2 aromatic heterocycles. The third-order valence-electron chi connectivity index (χ3n) is 13.0. The fourth-order valence-electron chi connectivity index (χ4n) is 9.22. The molecule has 0 unspecified atom stereocenters. The van der Waals surface area contributed by atoms with Crippen LogP contribution in [0.3, 0.4) is 0 Å². The maximum Gasteiger partial charge on any atom is 0.410 e. The number of fused-ring (bicyclic) bond motifs is 2. The van der Waals surface area contributed by atoms with E-state index in [9.17, 15) is 23.2 Å². The molecule has 2 aliphatic rings. The number of carbonyl (C=O) groups is 3. The fourth-order valence-corrected chi connectivity index (χ4v) is 10.2. The van der Waals surface area contributed by atoms with Gasteiger partial charge in [0, 0.05) is 34.3 Å². The zero-order valence-electron chi connectivity index (χ0n) is 43.6. The molecule has 0 radical (unpaired) electrons.